The number of anilines is 3. The monoisotopic (exact) mass is 462 g/mol. The number of benzene rings is 2. The molecule has 31 heavy (non-hydrogen) atoms. The fourth-order valence-corrected chi connectivity index (χ4v) is 3.02. The van der Waals surface area contributed by atoms with Gasteiger partial charge in [-0.15, -0.1) is 0 Å². The van der Waals surface area contributed by atoms with Crippen molar-refractivity contribution in [3.8, 4) is 0 Å². The molecule has 0 aliphatic rings. The molecule has 0 saturated heterocycles. The number of halogens is 7. The van der Waals surface area contributed by atoms with Crippen LogP contribution in [0.4, 0.5) is 43.5 Å². The number of amides is 1. The molecule has 3 rings (SSSR count). The lowest BCUT2D eigenvalue weighted by atomic mass is 10.1. The molecular formula is C19H13ClF6N4O. The van der Waals surface area contributed by atoms with E-state index in [0.717, 1.165) is 16.8 Å². The predicted octanol–water partition coefficient (Wildman–Crippen LogP) is 6.11. The van der Waals surface area contributed by atoms with Gasteiger partial charge in [-0.2, -0.15) is 31.4 Å². The zero-order chi connectivity index (χ0) is 23.0. The molecule has 0 fully saturated rings. The second kappa shape index (κ2) is 8.14. The first kappa shape index (κ1) is 22.5. The SMILES string of the molecule is Cn1nc(C(F)(F)F)c(Cl)c1NC(=O)c1ccccc1Nc1cccc(C(F)(F)F)c1. The summed E-state index contributed by atoms with van der Waals surface area (Å²) in [5, 5.41) is 7.46. The minimum Gasteiger partial charge on any atom is -0.355 e. The second-order valence-electron chi connectivity index (χ2n) is 6.34. The molecule has 2 N–H and O–H groups in total. The zero-order valence-corrected chi connectivity index (χ0v) is 16.3. The Hall–Kier alpha value is -3.21. The normalized spacial score (nSPS) is 12.0. The van der Waals surface area contributed by atoms with Crippen LogP contribution < -0.4 is 10.6 Å². The van der Waals surface area contributed by atoms with Crippen LogP contribution in [-0.4, -0.2) is 15.7 Å². The number of para-hydroxylation sites is 1. The highest BCUT2D eigenvalue weighted by molar-refractivity contribution is 6.34. The summed E-state index contributed by atoms with van der Waals surface area (Å²) in [7, 11) is 1.17. The molecule has 0 unspecified atom stereocenters. The molecule has 1 amide bonds. The van der Waals surface area contributed by atoms with E-state index in [9.17, 15) is 31.1 Å². The fraction of sp³-hybridized carbons (Fsp3) is 0.158. The van der Waals surface area contributed by atoms with E-state index in [4.69, 9.17) is 11.6 Å². The Morgan fingerprint density at radius 1 is 1.00 bits per heavy atom. The van der Waals surface area contributed by atoms with E-state index in [1.54, 1.807) is 0 Å². The standard InChI is InChI=1S/C19H13ClF6N4O/c1-30-16(14(20)15(29-30)19(24,25)26)28-17(31)12-7-2-3-8-13(12)27-11-6-4-5-10(9-11)18(21,22)23/h2-9,27H,1H3,(H,28,31). The van der Waals surface area contributed by atoms with Crippen LogP contribution in [0.3, 0.4) is 0 Å². The number of aromatic nitrogens is 2. The van der Waals surface area contributed by atoms with Crippen LogP contribution in [0.5, 0.6) is 0 Å². The lowest BCUT2D eigenvalue weighted by Crippen LogP contribution is -2.16. The summed E-state index contributed by atoms with van der Waals surface area (Å²) in [4.78, 5) is 12.7. The first-order valence-electron chi connectivity index (χ1n) is 8.52. The Labute approximate surface area is 176 Å². The second-order valence-corrected chi connectivity index (χ2v) is 6.71. The summed E-state index contributed by atoms with van der Waals surface area (Å²) in [5.74, 6) is -1.22. The summed E-state index contributed by atoms with van der Waals surface area (Å²) < 4.78 is 78.4. The van der Waals surface area contributed by atoms with E-state index in [-0.39, 0.29) is 22.8 Å². The van der Waals surface area contributed by atoms with Crippen molar-refractivity contribution in [1.29, 1.82) is 0 Å². The maximum atomic E-state index is 13.0. The molecule has 2 aromatic carbocycles. The van der Waals surface area contributed by atoms with Crippen LogP contribution in [0.15, 0.2) is 48.5 Å². The van der Waals surface area contributed by atoms with Crippen LogP contribution in [0.2, 0.25) is 5.02 Å². The van der Waals surface area contributed by atoms with E-state index in [2.05, 4.69) is 15.7 Å². The van der Waals surface area contributed by atoms with Crippen LogP contribution in [-0.2, 0) is 19.4 Å². The van der Waals surface area contributed by atoms with E-state index in [0.29, 0.717) is 0 Å². The molecule has 0 saturated carbocycles. The number of rotatable bonds is 4. The fourth-order valence-electron chi connectivity index (χ4n) is 2.71. The molecular weight excluding hydrogens is 450 g/mol. The molecule has 0 aliphatic heterocycles. The summed E-state index contributed by atoms with van der Waals surface area (Å²) >= 11 is 5.74. The molecule has 5 nitrogen and oxygen atoms in total. The highest BCUT2D eigenvalue weighted by atomic mass is 35.5. The van der Waals surface area contributed by atoms with Gasteiger partial charge in [0.1, 0.15) is 5.02 Å². The van der Waals surface area contributed by atoms with Gasteiger partial charge in [0, 0.05) is 12.7 Å². The maximum absolute atomic E-state index is 13.0. The van der Waals surface area contributed by atoms with E-state index in [1.807, 2.05) is 0 Å². The van der Waals surface area contributed by atoms with Gasteiger partial charge in [-0.3, -0.25) is 9.48 Å². The van der Waals surface area contributed by atoms with Gasteiger partial charge in [0.2, 0.25) is 0 Å². The zero-order valence-electron chi connectivity index (χ0n) is 15.6. The molecule has 1 aromatic heterocycles. The molecule has 0 bridgehead atoms. The van der Waals surface area contributed by atoms with Crippen LogP contribution in [0.25, 0.3) is 0 Å². The van der Waals surface area contributed by atoms with E-state index < -0.39 is 34.5 Å². The Bertz CT molecular complexity index is 1120. The number of alkyl halides is 6. The summed E-state index contributed by atoms with van der Waals surface area (Å²) in [6.07, 6.45) is -9.37. The van der Waals surface area contributed by atoms with E-state index in [1.165, 1.54) is 43.4 Å². The Morgan fingerprint density at radius 3 is 2.29 bits per heavy atom. The van der Waals surface area contributed by atoms with Crippen LogP contribution in [0.1, 0.15) is 21.6 Å². The minimum absolute atomic E-state index is 0.0364. The number of carbonyl (C=O) groups is 1. The molecule has 0 radical (unpaired) electrons. The lowest BCUT2D eigenvalue weighted by Gasteiger charge is -2.14. The van der Waals surface area contributed by atoms with Gasteiger partial charge < -0.3 is 10.6 Å². The third-order valence-electron chi connectivity index (χ3n) is 4.13. The molecule has 0 spiro atoms. The first-order chi connectivity index (χ1) is 14.4. The summed E-state index contributed by atoms with van der Waals surface area (Å²) in [6, 6.07) is 10.1. The highest BCUT2D eigenvalue weighted by Gasteiger charge is 2.39. The van der Waals surface area contributed by atoms with Crippen molar-refractivity contribution in [2.75, 3.05) is 10.6 Å². The highest BCUT2D eigenvalue weighted by Crippen LogP contribution is 2.38. The molecule has 0 aliphatic carbocycles. The Balaban J connectivity index is 1.90. The number of nitrogens with one attached hydrogen (secondary N) is 2. The molecule has 1 heterocycles. The average Bonchev–Trinajstić information content (AvgIpc) is 2.96. The van der Waals surface area contributed by atoms with Crippen LogP contribution in [0, 0.1) is 0 Å². The number of aryl methyl sites for hydroxylation is 1. The van der Waals surface area contributed by atoms with Crippen molar-refractivity contribution >= 4 is 34.7 Å². The van der Waals surface area contributed by atoms with Crippen molar-refractivity contribution in [2.24, 2.45) is 7.05 Å². The Kier molecular flexibility index (Phi) is 5.90. The maximum Gasteiger partial charge on any atom is 0.436 e. The van der Waals surface area contributed by atoms with Gasteiger partial charge in [0.25, 0.3) is 5.91 Å². The van der Waals surface area contributed by atoms with Crippen LogP contribution >= 0.6 is 11.6 Å². The smallest absolute Gasteiger partial charge is 0.355 e. The van der Waals surface area contributed by atoms with Gasteiger partial charge in [-0.25, -0.2) is 0 Å². The van der Waals surface area contributed by atoms with Gasteiger partial charge in [0.15, 0.2) is 11.5 Å². The number of carbonyl (C=O) groups excluding carboxylic acids is 1. The largest absolute Gasteiger partial charge is 0.436 e. The van der Waals surface area contributed by atoms with Crippen molar-refractivity contribution in [3.05, 3.63) is 70.4 Å². The lowest BCUT2D eigenvalue weighted by molar-refractivity contribution is -0.141. The van der Waals surface area contributed by atoms with E-state index >= 15 is 0 Å². The number of hydrogen-bond donors (Lipinski definition) is 2. The van der Waals surface area contributed by atoms with Crippen molar-refractivity contribution in [3.63, 3.8) is 0 Å². The average molecular weight is 463 g/mol. The first-order valence-corrected chi connectivity index (χ1v) is 8.90. The topological polar surface area (TPSA) is 59.0 Å². The molecule has 164 valence electrons. The molecule has 3 aromatic rings. The third-order valence-corrected chi connectivity index (χ3v) is 4.49. The quantitative estimate of drug-likeness (QED) is 0.460. The molecule has 0 atom stereocenters. The Morgan fingerprint density at radius 2 is 1.68 bits per heavy atom. The molecule has 12 heteroatoms. The third kappa shape index (κ3) is 4.93. The van der Waals surface area contributed by atoms with Crippen molar-refractivity contribution in [2.45, 2.75) is 12.4 Å². The van der Waals surface area contributed by atoms with Gasteiger partial charge >= 0.3 is 12.4 Å². The van der Waals surface area contributed by atoms with Gasteiger partial charge in [0.05, 0.1) is 16.8 Å². The van der Waals surface area contributed by atoms with Crippen molar-refractivity contribution < 1.29 is 31.1 Å². The minimum atomic E-state index is -4.82. The number of nitrogens with zero attached hydrogens (tertiary/aromatic N) is 2. The summed E-state index contributed by atoms with van der Waals surface area (Å²) in [5.41, 5.74) is -2.09. The summed E-state index contributed by atoms with van der Waals surface area (Å²) in [6.45, 7) is 0. The number of hydrogen-bond acceptors (Lipinski definition) is 3. The van der Waals surface area contributed by atoms with Gasteiger partial charge in [-0.05, 0) is 30.3 Å². The van der Waals surface area contributed by atoms with Crippen molar-refractivity contribution in [1.82, 2.24) is 9.78 Å². The van der Waals surface area contributed by atoms with Gasteiger partial charge in [-0.1, -0.05) is 29.8 Å². The predicted molar refractivity (Wildman–Crippen MR) is 102 cm³/mol.